The molecule has 1 aliphatic heterocycles. The Bertz CT molecular complexity index is 773. The van der Waals surface area contributed by atoms with Gasteiger partial charge in [-0.1, -0.05) is 24.3 Å². The van der Waals surface area contributed by atoms with Gasteiger partial charge in [-0.15, -0.1) is 11.3 Å². The van der Waals surface area contributed by atoms with Crippen molar-refractivity contribution in [1.82, 2.24) is 15.2 Å². The summed E-state index contributed by atoms with van der Waals surface area (Å²) in [7, 11) is 0. The second-order valence-corrected chi connectivity index (χ2v) is 9.38. The first-order valence-electron chi connectivity index (χ1n) is 10.6. The molecule has 1 saturated heterocycles. The zero-order chi connectivity index (χ0) is 19.3. The number of hydrogen-bond donors (Lipinski definition) is 1. The van der Waals surface area contributed by atoms with Gasteiger partial charge in [-0.05, 0) is 75.6 Å². The average molecular weight is 398 g/mol. The van der Waals surface area contributed by atoms with Crippen LogP contribution in [0.1, 0.15) is 53.8 Å². The summed E-state index contributed by atoms with van der Waals surface area (Å²) < 4.78 is 0. The van der Waals surface area contributed by atoms with Crippen LogP contribution in [-0.2, 0) is 24.2 Å². The number of benzene rings is 1. The van der Waals surface area contributed by atoms with Crippen LogP contribution in [0.5, 0.6) is 0 Å². The second kappa shape index (κ2) is 9.19. The molecular formula is C23H31N3OS. The largest absolute Gasteiger partial charge is 0.353 e. The van der Waals surface area contributed by atoms with Gasteiger partial charge in [-0.2, -0.15) is 0 Å². The summed E-state index contributed by atoms with van der Waals surface area (Å²) in [6, 6.07) is 9.41. The Morgan fingerprint density at radius 1 is 1.14 bits per heavy atom. The van der Waals surface area contributed by atoms with Crippen LogP contribution in [0.15, 0.2) is 29.8 Å². The molecule has 2 aromatic rings. The number of thiazole rings is 1. The van der Waals surface area contributed by atoms with Crippen molar-refractivity contribution in [2.45, 2.75) is 64.5 Å². The predicted octanol–water partition coefficient (Wildman–Crippen LogP) is 4.12. The van der Waals surface area contributed by atoms with E-state index in [4.69, 9.17) is 0 Å². The van der Waals surface area contributed by atoms with Gasteiger partial charge in [0.1, 0.15) is 0 Å². The fraction of sp³-hybridized carbons (Fsp3) is 0.565. The van der Waals surface area contributed by atoms with E-state index in [0.717, 1.165) is 31.7 Å². The average Bonchev–Trinajstić information content (AvgIpc) is 3.43. The lowest BCUT2D eigenvalue weighted by atomic mass is 9.89. The Morgan fingerprint density at radius 2 is 1.86 bits per heavy atom. The van der Waals surface area contributed by atoms with Crippen molar-refractivity contribution in [2.75, 3.05) is 13.1 Å². The van der Waals surface area contributed by atoms with E-state index in [9.17, 15) is 4.79 Å². The number of nitrogens with zero attached hydrogens (tertiary/aromatic N) is 2. The number of piperidine rings is 1. The highest BCUT2D eigenvalue weighted by atomic mass is 32.1. The molecule has 2 fully saturated rings. The molecule has 1 aromatic carbocycles. The Balaban J connectivity index is 1.18. The number of rotatable bonds is 8. The molecule has 2 aliphatic rings. The summed E-state index contributed by atoms with van der Waals surface area (Å²) in [6.07, 6.45) is 7.49. The minimum atomic E-state index is 0.201. The zero-order valence-corrected chi connectivity index (χ0v) is 17.6. The Kier molecular flexibility index (Phi) is 6.43. The molecule has 0 bridgehead atoms. The number of likely N-dealkylation sites (tertiary alicyclic amines) is 1. The molecule has 0 radical (unpaired) electrons. The highest BCUT2D eigenvalue weighted by Gasteiger charge is 2.23. The van der Waals surface area contributed by atoms with Crippen molar-refractivity contribution >= 4 is 17.2 Å². The lowest BCUT2D eigenvalue weighted by Crippen LogP contribution is -2.33. The van der Waals surface area contributed by atoms with Gasteiger partial charge in [-0.25, -0.2) is 4.98 Å². The van der Waals surface area contributed by atoms with Crippen molar-refractivity contribution in [3.63, 3.8) is 0 Å². The van der Waals surface area contributed by atoms with Crippen LogP contribution in [-0.4, -0.2) is 34.9 Å². The number of nitrogens with one attached hydrogen (secondary N) is 1. The van der Waals surface area contributed by atoms with E-state index in [0.29, 0.717) is 12.5 Å². The van der Waals surface area contributed by atoms with Gasteiger partial charge in [0.25, 0.3) is 0 Å². The summed E-state index contributed by atoms with van der Waals surface area (Å²) in [4.78, 5) is 20.2. The number of carbonyl (C=O) groups excluding carboxylic acids is 1. The van der Waals surface area contributed by atoms with E-state index < -0.39 is 0 Å². The van der Waals surface area contributed by atoms with Gasteiger partial charge in [0.05, 0.1) is 11.2 Å². The van der Waals surface area contributed by atoms with Crippen molar-refractivity contribution < 1.29 is 4.79 Å². The van der Waals surface area contributed by atoms with Crippen molar-refractivity contribution in [3.8, 4) is 0 Å². The minimum Gasteiger partial charge on any atom is -0.353 e. The summed E-state index contributed by atoms with van der Waals surface area (Å²) in [5.41, 5.74) is 5.85. The molecule has 0 atom stereocenters. The number of carbonyl (C=O) groups is 1. The molecule has 5 heteroatoms. The summed E-state index contributed by atoms with van der Waals surface area (Å²) >= 11 is 1.78. The van der Waals surface area contributed by atoms with Crippen LogP contribution < -0.4 is 5.32 Å². The minimum absolute atomic E-state index is 0.201. The number of amides is 1. The fourth-order valence-corrected chi connectivity index (χ4v) is 4.81. The van der Waals surface area contributed by atoms with Crippen LogP contribution in [0, 0.1) is 12.8 Å². The normalized spacial score (nSPS) is 18.3. The summed E-state index contributed by atoms with van der Waals surface area (Å²) in [6.45, 7) is 5.56. The topological polar surface area (TPSA) is 45.2 Å². The smallest absolute Gasteiger partial charge is 0.220 e. The van der Waals surface area contributed by atoms with E-state index in [2.05, 4.69) is 46.4 Å². The maximum atomic E-state index is 11.8. The number of hydrogen-bond acceptors (Lipinski definition) is 4. The third-order valence-electron chi connectivity index (χ3n) is 6.05. The van der Waals surface area contributed by atoms with Crippen LogP contribution >= 0.6 is 11.3 Å². The summed E-state index contributed by atoms with van der Waals surface area (Å²) in [5, 5.41) is 3.06. The molecule has 4 nitrogen and oxygen atoms in total. The van der Waals surface area contributed by atoms with E-state index in [1.165, 1.54) is 54.0 Å². The van der Waals surface area contributed by atoms with Crippen molar-refractivity contribution in [2.24, 2.45) is 5.92 Å². The maximum Gasteiger partial charge on any atom is 0.220 e. The first-order valence-corrected chi connectivity index (χ1v) is 11.5. The molecule has 1 N–H and O–H groups in total. The third-order valence-corrected chi connectivity index (χ3v) is 6.97. The van der Waals surface area contributed by atoms with E-state index >= 15 is 0 Å². The predicted molar refractivity (Wildman–Crippen MR) is 114 cm³/mol. The molecule has 1 aliphatic carbocycles. The number of aryl methyl sites for hydroxylation is 2. The molecule has 4 rings (SSSR count). The molecule has 0 spiro atoms. The Morgan fingerprint density at radius 3 is 2.50 bits per heavy atom. The molecule has 0 unspecified atom stereocenters. The van der Waals surface area contributed by atoms with E-state index in [-0.39, 0.29) is 5.91 Å². The van der Waals surface area contributed by atoms with E-state index in [1.807, 2.05) is 5.51 Å². The highest BCUT2D eigenvalue weighted by molar-refractivity contribution is 7.09. The van der Waals surface area contributed by atoms with Gasteiger partial charge in [0.2, 0.25) is 5.91 Å². The van der Waals surface area contributed by atoms with Crippen LogP contribution in [0.2, 0.25) is 0 Å². The third kappa shape index (κ3) is 5.65. The van der Waals surface area contributed by atoms with Gasteiger partial charge in [-0.3, -0.25) is 9.69 Å². The SMILES string of the molecule is Cc1ncsc1CN1CCC(Cc2ccc(CCC(=O)NC3CC3)cc2)CC1. The zero-order valence-electron chi connectivity index (χ0n) is 16.8. The van der Waals surface area contributed by atoms with Crippen molar-refractivity contribution in [3.05, 3.63) is 51.5 Å². The molecule has 1 saturated carbocycles. The number of aromatic nitrogens is 1. The van der Waals surface area contributed by atoms with Gasteiger partial charge >= 0.3 is 0 Å². The Labute approximate surface area is 172 Å². The molecular weight excluding hydrogens is 366 g/mol. The Hall–Kier alpha value is -1.72. The monoisotopic (exact) mass is 397 g/mol. The molecule has 1 amide bonds. The first-order chi connectivity index (χ1) is 13.7. The van der Waals surface area contributed by atoms with Crippen LogP contribution in [0.25, 0.3) is 0 Å². The molecule has 28 heavy (non-hydrogen) atoms. The molecule has 1 aromatic heterocycles. The lowest BCUT2D eigenvalue weighted by molar-refractivity contribution is -0.121. The quantitative estimate of drug-likeness (QED) is 0.729. The molecule has 150 valence electrons. The first kappa shape index (κ1) is 19.6. The fourth-order valence-electron chi connectivity index (χ4n) is 3.99. The van der Waals surface area contributed by atoms with Gasteiger partial charge in [0.15, 0.2) is 0 Å². The maximum absolute atomic E-state index is 11.8. The highest BCUT2D eigenvalue weighted by Crippen LogP contribution is 2.25. The molecule has 2 heterocycles. The standard InChI is InChI=1S/C23H31N3OS/c1-17-22(28-16-24-17)15-26-12-10-20(11-13-26)14-19-4-2-18(3-5-19)6-9-23(27)25-21-7-8-21/h2-5,16,20-21H,6-15H2,1H3,(H,25,27). The summed E-state index contributed by atoms with van der Waals surface area (Å²) in [5.74, 6) is 0.987. The van der Waals surface area contributed by atoms with Gasteiger partial charge < -0.3 is 5.32 Å². The van der Waals surface area contributed by atoms with Gasteiger partial charge in [0, 0.05) is 23.9 Å². The second-order valence-electron chi connectivity index (χ2n) is 8.44. The van der Waals surface area contributed by atoms with Crippen molar-refractivity contribution in [1.29, 1.82) is 0 Å². The van der Waals surface area contributed by atoms with E-state index in [1.54, 1.807) is 11.3 Å². The van der Waals surface area contributed by atoms with Crippen LogP contribution in [0.3, 0.4) is 0 Å². The van der Waals surface area contributed by atoms with Crippen LogP contribution in [0.4, 0.5) is 0 Å². The lowest BCUT2D eigenvalue weighted by Gasteiger charge is -2.31.